The van der Waals surface area contributed by atoms with E-state index in [2.05, 4.69) is 9.72 Å². The predicted molar refractivity (Wildman–Crippen MR) is 58.6 cm³/mol. The van der Waals surface area contributed by atoms with Gasteiger partial charge in [0.15, 0.2) is 5.13 Å². The molecular formula is C10H8F2N2OS. The minimum Gasteiger partial charge on any atom is -0.434 e. The quantitative estimate of drug-likeness (QED) is 0.900. The molecule has 0 unspecified atom stereocenters. The van der Waals surface area contributed by atoms with Crippen LogP contribution in [-0.4, -0.2) is 11.6 Å². The number of alkyl halides is 2. The Morgan fingerprint density at radius 1 is 1.31 bits per heavy atom. The van der Waals surface area contributed by atoms with Gasteiger partial charge in [0.1, 0.15) is 5.75 Å². The highest BCUT2D eigenvalue weighted by molar-refractivity contribution is 7.18. The standard InChI is InChI=1S/C10H8F2N2OS/c11-9(12)15-7-4-2-1-3-6(7)8-5-14-10(13)16-8/h1-5,9H,(H2,13,14). The van der Waals surface area contributed by atoms with Gasteiger partial charge < -0.3 is 10.5 Å². The number of aromatic nitrogens is 1. The van der Waals surface area contributed by atoms with Crippen molar-refractivity contribution < 1.29 is 13.5 Å². The van der Waals surface area contributed by atoms with Gasteiger partial charge in [-0.2, -0.15) is 8.78 Å². The zero-order valence-corrected chi connectivity index (χ0v) is 8.88. The Kier molecular flexibility index (Phi) is 3.00. The van der Waals surface area contributed by atoms with Crippen LogP contribution in [0.25, 0.3) is 10.4 Å². The van der Waals surface area contributed by atoms with E-state index < -0.39 is 6.61 Å². The fourth-order valence-corrected chi connectivity index (χ4v) is 2.00. The molecule has 0 atom stereocenters. The highest BCUT2D eigenvalue weighted by Crippen LogP contribution is 2.34. The zero-order chi connectivity index (χ0) is 11.5. The molecule has 2 rings (SSSR count). The lowest BCUT2D eigenvalue weighted by Gasteiger charge is -2.08. The molecule has 0 bridgehead atoms. The van der Waals surface area contributed by atoms with E-state index >= 15 is 0 Å². The summed E-state index contributed by atoms with van der Waals surface area (Å²) in [6.45, 7) is -2.84. The van der Waals surface area contributed by atoms with Gasteiger partial charge in [0.05, 0.1) is 4.88 Å². The molecule has 0 aliphatic heterocycles. The zero-order valence-electron chi connectivity index (χ0n) is 8.06. The van der Waals surface area contributed by atoms with Crippen LogP contribution < -0.4 is 10.5 Å². The molecule has 1 aromatic heterocycles. The number of para-hydroxylation sites is 1. The van der Waals surface area contributed by atoms with Crippen LogP contribution in [0, 0.1) is 0 Å². The van der Waals surface area contributed by atoms with Gasteiger partial charge in [0.2, 0.25) is 0 Å². The van der Waals surface area contributed by atoms with Gasteiger partial charge >= 0.3 is 6.61 Å². The van der Waals surface area contributed by atoms with Gasteiger partial charge in [0, 0.05) is 11.8 Å². The minimum atomic E-state index is -2.84. The molecular weight excluding hydrogens is 234 g/mol. The predicted octanol–water partition coefficient (Wildman–Crippen LogP) is 2.99. The highest BCUT2D eigenvalue weighted by atomic mass is 32.1. The second-order valence-electron chi connectivity index (χ2n) is 2.94. The minimum absolute atomic E-state index is 0.126. The third-order valence-corrected chi connectivity index (χ3v) is 2.75. The number of nitrogens with zero attached hydrogens (tertiary/aromatic N) is 1. The van der Waals surface area contributed by atoms with Crippen molar-refractivity contribution in [2.45, 2.75) is 6.61 Å². The molecule has 1 aromatic carbocycles. The van der Waals surface area contributed by atoms with E-state index in [1.807, 2.05) is 0 Å². The molecule has 0 amide bonds. The monoisotopic (exact) mass is 242 g/mol. The van der Waals surface area contributed by atoms with Crippen molar-refractivity contribution in [3.8, 4) is 16.2 Å². The molecule has 6 heteroatoms. The van der Waals surface area contributed by atoms with Gasteiger partial charge in [-0.05, 0) is 12.1 Å². The van der Waals surface area contributed by atoms with E-state index in [1.54, 1.807) is 18.2 Å². The maximum absolute atomic E-state index is 12.2. The molecule has 1 heterocycles. The summed E-state index contributed by atoms with van der Waals surface area (Å²) in [5.74, 6) is 0.126. The SMILES string of the molecule is Nc1ncc(-c2ccccc2OC(F)F)s1. The third-order valence-electron chi connectivity index (χ3n) is 1.89. The maximum atomic E-state index is 12.2. The summed E-state index contributed by atoms with van der Waals surface area (Å²) < 4.78 is 28.7. The number of anilines is 1. The van der Waals surface area contributed by atoms with E-state index in [0.717, 1.165) is 0 Å². The van der Waals surface area contributed by atoms with E-state index in [4.69, 9.17) is 5.73 Å². The first-order chi connectivity index (χ1) is 7.66. The Morgan fingerprint density at radius 3 is 2.69 bits per heavy atom. The summed E-state index contributed by atoms with van der Waals surface area (Å²) in [5.41, 5.74) is 6.05. The van der Waals surface area contributed by atoms with Crippen molar-refractivity contribution in [3.63, 3.8) is 0 Å². The summed E-state index contributed by atoms with van der Waals surface area (Å²) in [4.78, 5) is 4.57. The number of rotatable bonds is 3. The molecule has 2 N–H and O–H groups in total. The van der Waals surface area contributed by atoms with Gasteiger partial charge in [-0.25, -0.2) is 4.98 Å². The van der Waals surface area contributed by atoms with Gasteiger partial charge in [-0.3, -0.25) is 0 Å². The Morgan fingerprint density at radius 2 is 2.06 bits per heavy atom. The molecule has 16 heavy (non-hydrogen) atoms. The summed E-state index contributed by atoms with van der Waals surface area (Å²) in [5, 5.41) is 0.391. The van der Waals surface area contributed by atoms with Crippen LogP contribution in [0.15, 0.2) is 30.5 Å². The van der Waals surface area contributed by atoms with Crippen molar-refractivity contribution >= 4 is 16.5 Å². The molecule has 0 radical (unpaired) electrons. The Hall–Kier alpha value is -1.69. The summed E-state index contributed by atoms with van der Waals surface area (Å²) in [6.07, 6.45) is 1.54. The number of ether oxygens (including phenoxy) is 1. The second kappa shape index (κ2) is 4.44. The molecule has 2 aromatic rings. The summed E-state index contributed by atoms with van der Waals surface area (Å²) in [6, 6.07) is 6.54. The van der Waals surface area contributed by atoms with Crippen molar-refractivity contribution in [1.29, 1.82) is 0 Å². The summed E-state index contributed by atoms with van der Waals surface area (Å²) >= 11 is 1.22. The lowest BCUT2D eigenvalue weighted by Crippen LogP contribution is -2.02. The maximum Gasteiger partial charge on any atom is 0.387 e. The van der Waals surface area contributed by atoms with Gasteiger partial charge in [-0.15, -0.1) is 0 Å². The second-order valence-corrected chi connectivity index (χ2v) is 4.00. The van der Waals surface area contributed by atoms with Crippen LogP contribution in [0.2, 0.25) is 0 Å². The van der Waals surface area contributed by atoms with Gasteiger partial charge in [0.25, 0.3) is 0 Å². The van der Waals surface area contributed by atoms with Crippen LogP contribution in [-0.2, 0) is 0 Å². The number of halogens is 2. The summed E-state index contributed by atoms with van der Waals surface area (Å²) in [7, 11) is 0. The number of hydrogen-bond donors (Lipinski definition) is 1. The van der Waals surface area contributed by atoms with Crippen molar-refractivity contribution in [2.75, 3.05) is 5.73 Å². The first-order valence-electron chi connectivity index (χ1n) is 4.42. The normalized spacial score (nSPS) is 10.7. The van der Waals surface area contributed by atoms with Crippen LogP contribution in [0.1, 0.15) is 0 Å². The molecule has 0 aliphatic carbocycles. The molecule has 3 nitrogen and oxygen atoms in total. The number of thiazole rings is 1. The Labute approximate surface area is 94.5 Å². The fraction of sp³-hybridized carbons (Fsp3) is 0.100. The first-order valence-corrected chi connectivity index (χ1v) is 5.24. The smallest absolute Gasteiger partial charge is 0.387 e. The Bertz CT molecular complexity index is 487. The lowest BCUT2D eigenvalue weighted by atomic mass is 10.2. The van der Waals surface area contributed by atoms with Crippen LogP contribution in [0.5, 0.6) is 5.75 Å². The van der Waals surface area contributed by atoms with Crippen molar-refractivity contribution in [1.82, 2.24) is 4.98 Å². The van der Waals surface area contributed by atoms with E-state index in [-0.39, 0.29) is 5.75 Å². The van der Waals surface area contributed by atoms with Gasteiger partial charge in [-0.1, -0.05) is 23.5 Å². The van der Waals surface area contributed by atoms with Crippen molar-refractivity contribution in [3.05, 3.63) is 30.5 Å². The topological polar surface area (TPSA) is 48.1 Å². The first kappa shape index (κ1) is 10.8. The average molecular weight is 242 g/mol. The van der Waals surface area contributed by atoms with Crippen LogP contribution >= 0.6 is 11.3 Å². The molecule has 0 saturated carbocycles. The fourth-order valence-electron chi connectivity index (χ4n) is 1.28. The molecule has 0 saturated heterocycles. The van der Waals surface area contributed by atoms with E-state index in [9.17, 15) is 8.78 Å². The molecule has 84 valence electrons. The number of benzene rings is 1. The van der Waals surface area contributed by atoms with E-state index in [0.29, 0.717) is 15.6 Å². The largest absolute Gasteiger partial charge is 0.434 e. The highest BCUT2D eigenvalue weighted by Gasteiger charge is 2.12. The Balaban J connectivity index is 2.40. The lowest BCUT2D eigenvalue weighted by molar-refractivity contribution is -0.0494. The average Bonchev–Trinajstić information content (AvgIpc) is 2.65. The number of nitrogen functional groups attached to an aromatic ring is 1. The number of hydrogen-bond acceptors (Lipinski definition) is 4. The van der Waals surface area contributed by atoms with Crippen molar-refractivity contribution in [2.24, 2.45) is 0 Å². The van der Waals surface area contributed by atoms with E-state index in [1.165, 1.54) is 23.6 Å². The molecule has 0 aliphatic rings. The molecule has 0 fully saturated rings. The molecule has 0 spiro atoms. The number of nitrogens with two attached hydrogens (primary N) is 1. The van der Waals surface area contributed by atoms with Crippen LogP contribution in [0.4, 0.5) is 13.9 Å². The third kappa shape index (κ3) is 2.27. The van der Waals surface area contributed by atoms with Crippen LogP contribution in [0.3, 0.4) is 0 Å².